The molecule has 1 rings (SSSR count). The molecule has 13 heavy (non-hydrogen) atoms. The van der Waals surface area contributed by atoms with Gasteiger partial charge in [-0.2, -0.15) is 9.37 Å². The molecule has 1 N–H and O–H groups in total. The maximum atomic E-state index is 13.0. The predicted molar refractivity (Wildman–Crippen MR) is 40.2 cm³/mol. The van der Waals surface area contributed by atoms with E-state index in [0.29, 0.717) is 0 Å². The Morgan fingerprint density at radius 3 is 2.62 bits per heavy atom. The maximum Gasteiger partial charge on any atom is 0.374 e. The van der Waals surface area contributed by atoms with Gasteiger partial charge in [0.15, 0.2) is 0 Å². The monoisotopic (exact) mass is 186 g/mol. The Kier molecular flexibility index (Phi) is 2.41. The molecule has 1 aromatic rings. The maximum absolute atomic E-state index is 13.0. The van der Waals surface area contributed by atoms with Crippen molar-refractivity contribution in [1.82, 2.24) is 9.97 Å². The molecule has 0 unspecified atom stereocenters. The number of aromatic nitrogens is 2. The number of ether oxygens (including phenoxy) is 1. The van der Waals surface area contributed by atoms with Gasteiger partial charge in [-0.15, -0.1) is 0 Å². The number of aryl methyl sites for hydroxylation is 1. The summed E-state index contributed by atoms with van der Waals surface area (Å²) in [5, 5.41) is 8.52. The number of carbonyl (C=O) groups is 1. The Balaban J connectivity index is 3.30. The van der Waals surface area contributed by atoms with E-state index in [1.54, 1.807) is 0 Å². The van der Waals surface area contributed by atoms with Gasteiger partial charge in [0.1, 0.15) is 0 Å². The van der Waals surface area contributed by atoms with Crippen molar-refractivity contribution in [2.75, 3.05) is 7.11 Å². The molecule has 0 aliphatic carbocycles. The summed E-state index contributed by atoms with van der Waals surface area (Å²) in [6.45, 7) is 1.34. The van der Waals surface area contributed by atoms with E-state index in [-0.39, 0.29) is 11.6 Å². The fourth-order valence-corrected chi connectivity index (χ4v) is 0.764. The van der Waals surface area contributed by atoms with Crippen LogP contribution in [0.15, 0.2) is 0 Å². The standard InChI is InChI=1S/C7H7FN2O3/c1-3-4(8)6(13-2)10-5(9-3)7(11)12/h1-2H3,(H,11,12). The Bertz CT molecular complexity index is 354. The van der Waals surface area contributed by atoms with Gasteiger partial charge in [-0.25, -0.2) is 9.78 Å². The van der Waals surface area contributed by atoms with Crippen molar-refractivity contribution >= 4 is 5.97 Å². The molecule has 0 radical (unpaired) electrons. The van der Waals surface area contributed by atoms with E-state index in [1.807, 2.05) is 0 Å². The van der Waals surface area contributed by atoms with Crippen LogP contribution in [0.25, 0.3) is 0 Å². The highest BCUT2D eigenvalue weighted by Gasteiger charge is 2.15. The largest absolute Gasteiger partial charge is 0.479 e. The van der Waals surface area contributed by atoms with E-state index >= 15 is 0 Å². The van der Waals surface area contributed by atoms with E-state index < -0.39 is 17.6 Å². The average molecular weight is 186 g/mol. The molecule has 1 aromatic heterocycles. The minimum Gasteiger partial charge on any atom is -0.479 e. The number of hydrogen-bond acceptors (Lipinski definition) is 4. The quantitative estimate of drug-likeness (QED) is 0.733. The first-order chi connectivity index (χ1) is 6.06. The SMILES string of the molecule is COc1nc(C(=O)O)nc(C)c1F. The van der Waals surface area contributed by atoms with Gasteiger partial charge in [0.25, 0.3) is 5.88 Å². The van der Waals surface area contributed by atoms with Crippen molar-refractivity contribution in [2.45, 2.75) is 6.92 Å². The van der Waals surface area contributed by atoms with Crippen LogP contribution in [0.2, 0.25) is 0 Å². The van der Waals surface area contributed by atoms with Gasteiger partial charge >= 0.3 is 5.97 Å². The summed E-state index contributed by atoms with van der Waals surface area (Å²) in [6.07, 6.45) is 0. The van der Waals surface area contributed by atoms with Gasteiger partial charge in [-0.05, 0) is 6.92 Å². The predicted octanol–water partition coefficient (Wildman–Crippen LogP) is 0.631. The summed E-state index contributed by atoms with van der Waals surface area (Å²) in [4.78, 5) is 17.2. The van der Waals surface area contributed by atoms with E-state index in [0.717, 1.165) is 0 Å². The lowest BCUT2D eigenvalue weighted by Gasteiger charge is -2.03. The summed E-state index contributed by atoms with van der Waals surface area (Å²) in [6, 6.07) is 0. The number of rotatable bonds is 2. The number of carboxylic acids is 1. The van der Waals surface area contributed by atoms with Crippen LogP contribution in [0.5, 0.6) is 5.88 Å². The molecule has 0 saturated heterocycles. The highest BCUT2D eigenvalue weighted by atomic mass is 19.1. The zero-order valence-corrected chi connectivity index (χ0v) is 7.04. The minimum absolute atomic E-state index is 0.0516. The zero-order chi connectivity index (χ0) is 10.0. The fraction of sp³-hybridized carbons (Fsp3) is 0.286. The number of nitrogens with zero attached hydrogens (tertiary/aromatic N) is 2. The molecule has 0 bridgehead atoms. The van der Waals surface area contributed by atoms with Gasteiger partial charge in [-0.3, -0.25) is 0 Å². The Labute approximate surface area is 73.2 Å². The fourth-order valence-electron chi connectivity index (χ4n) is 0.764. The average Bonchev–Trinajstić information content (AvgIpc) is 2.09. The number of halogens is 1. The number of methoxy groups -OCH3 is 1. The highest BCUT2D eigenvalue weighted by Crippen LogP contribution is 2.15. The normalized spacial score (nSPS) is 9.77. The van der Waals surface area contributed by atoms with Crippen LogP contribution in [0.3, 0.4) is 0 Å². The lowest BCUT2D eigenvalue weighted by atomic mass is 10.4. The summed E-state index contributed by atoms with van der Waals surface area (Å²) in [5.74, 6) is -2.89. The van der Waals surface area contributed by atoms with Gasteiger partial charge < -0.3 is 9.84 Å². The van der Waals surface area contributed by atoms with Crippen molar-refractivity contribution in [3.05, 3.63) is 17.3 Å². The van der Waals surface area contributed by atoms with Gasteiger partial charge in [0, 0.05) is 0 Å². The third kappa shape index (κ3) is 1.71. The van der Waals surface area contributed by atoms with Crippen molar-refractivity contribution in [3.8, 4) is 5.88 Å². The third-order valence-corrected chi connectivity index (χ3v) is 1.37. The van der Waals surface area contributed by atoms with Crippen LogP contribution in [-0.4, -0.2) is 28.2 Å². The van der Waals surface area contributed by atoms with Crippen LogP contribution in [0, 0.1) is 12.7 Å². The molecule has 0 aliphatic rings. The lowest BCUT2D eigenvalue weighted by molar-refractivity contribution is 0.0681. The molecule has 0 saturated carbocycles. The molecule has 0 spiro atoms. The van der Waals surface area contributed by atoms with E-state index in [9.17, 15) is 9.18 Å². The summed E-state index contributed by atoms with van der Waals surface area (Å²) in [7, 11) is 1.20. The van der Waals surface area contributed by atoms with Gasteiger partial charge in [-0.1, -0.05) is 0 Å². The van der Waals surface area contributed by atoms with Gasteiger partial charge in [0.2, 0.25) is 11.6 Å². The van der Waals surface area contributed by atoms with Crippen molar-refractivity contribution in [1.29, 1.82) is 0 Å². The molecular weight excluding hydrogens is 179 g/mol. The molecule has 1 heterocycles. The van der Waals surface area contributed by atoms with Crippen LogP contribution in [-0.2, 0) is 0 Å². The molecule has 0 fully saturated rings. The molecule has 0 amide bonds. The first-order valence-corrected chi connectivity index (χ1v) is 3.37. The Morgan fingerprint density at radius 1 is 1.54 bits per heavy atom. The van der Waals surface area contributed by atoms with Crippen molar-refractivity contribution in [2.24, 2.45) is 0 Å². The van der Waals surface area contributed by atoms with Crippen LogP contribution >= 0.6 is 0 Å². The Morgan fingerprint density at radius 2 is 2.15 bits per heavy atom. The highest BCUT2D eigenvalue weighted by molar-refractivity contribution is 5.83. The zero-order valence-electron chi connectivity index (χ0n) is 7.04. The van der Waals surface area contributed by atoms with Gasteiger partial charge in [0.05, 0.1) is 12.8 Å². The molecule has 5 nitrogen and oxygen atoms in total. The van der Waals surface area contributed by atoms with Crippen LogP contribution in [0.1, 0.15) is 16.3 Å². The second kappa shape index (κ2) is 3.34. The molecule has 0 aromatic carbocycles. The van der Waals surface area contributed by atoms with E-state index in [1.165, 1.54) is 14.0 Å². The number of carboxylic acid groups (broad SMARTS) is 1. The van der Waals surface area contributed by atoms with Crippen LogP contribution < -0.4 is 4.74 Å². The molecule has 0 atom stereocenters. The minimum atomic E-state index is -1.32. The first kappa shape index (κ1) is 9.37. The van der Waals surface area contributed by atoms with E-state index in [4.69, 9.17) is 5.11 Å². The first-order valence-electron chi connectivity index (χ1n) is 3.37. The Hall–Kier alpha value is -1.72. The second-order valence-electron chi connectivity index (χ2n) is 2.26. The topological polar surface area (TPSA) is 72.3 Å². The summed E-state index contributed by atoms with van der Waals surface area (Å²) in [5.41, 5.74) is -0.0516. The molecule has 70 valence electrons. The lowest BCUT2D eigenvalue weighted by Crippen LogP contribution is -2.08. The summed E-state index contributed by atoms with van der Waals surface area (Å²) >= 11 is 0. The van der Waals surface area contributed by atoms with Crippen LogP contribution in [0.4, 0.5) is 4.39 Å². The smallest absolute Gasteiger partial charge is 0.374 e. The molecule has 0 aliphatic heterocycles. The van der Waals surface area contributed by atoms with Crippen molar-refractivity contribution < 1.29 is 19.0 Å². The van der Waals surface area contributed by atoms with Crippen molar-refractivity contribution in [3.63, 3.8) is 0 Å². The molecular formula is C7H7FN2O3. The third-order valence-electron chi connectivity index (χ3n) is 1.37. The molecule has 6 heteroatoms. The second-order valence-corrected chi connectivity index (χ2v) is 2.26. The number of hydrogen-bond donors (Lipinski definition) is 1. The van der Waals surface area contributed by atoms with E-state index in [2.05, 4.69) is 14.7 Å². The summed E-state index contributed by atoms with van der Waals surface area (Å²) < 4.78 is 17.5. The number of aromatic carboxylic acids is 1.